The zero-order valence-corrected chi connectivity index (χ0v) is 12.1. The van der Waals surface area contributed by atoms with E-state index in [1.54, 1.807) is 0 Å². The third kappa shape index (κ3) is 3.93. The molecule has 0 unspecified atom stereocenters. The Labute approximate surface area is 124 Å². The van der Waals surface area contributed by atoms with Crippen molar-refractivity contribution in [2.75, 3.05) is 6.61 Å². The molecule has 1 heterocycles. The number of ether oxygens (including phenoxy) is 1. The smallest absolute Gasteiger partial charge is 0.341 e. The molecule has 0 bridgehead atoms. The van der Waals surface area contributed by atoms with Gasteiger partial charge in [-0.2, -0.15) is 0 Å². The summed E-state index contributed by atoms with van der Waals surface area (Å²) >= 11 is 3.18. The van der Waals surface area contributed by atoms with E-state index in [0.717, 1.165) is 5.56 Å². The van der Waals surface area contributed by atoms with E-state index in [-0.39, 0.29) is 18.1 Å². The van der Waals surface area contributed by atoms with Gasteiger partial charge in [-0.3, -0.25) is 0 Å². The molecule has 1 aromatic heterocycles. The first kappa shape index (κ1) is 14.3. The van der Waals surface area contributed by atoms with Crippen molar-refractivity contribution in [3.8, 4) is 5.88 Å². The molecule has 0 saturated heterocycles. The zero-order chi connectivity index (χ0) is 14.4. The number of hydrogen-bond acceptors (Lipinski definition) is 3. The lowest BCUT2D eigenvalue weighted by Crippen LogP contribution is -2.05. The van der Waals surface area contributed by atoms with Crippen LogP contribution in [0.25, 0.3) is 6.08 Å². The second kappa shape index (κ2) is 6.86. The lowest BCUT2D eigenvalue weighted by atomic mass is 10.2. The number of hydrogen-bond donors (Lipinski definition) is 1. The third-order valence-electron chi connectivity index (χ3n) is 2.47. The van der Waals surface area contributed by atoms with Gasteiger partial charge in [-0.05, 0) is 33.6 Å². The van der Waals surface area contributed by atoms with Crippen LogP contribution in [0.2, 0.25) is 0 Å². The highest BCUT2D eigenvalue weighted by Crippen LogP contribution is 2.20. The van der Waals surface area contributed by atoms with E-state index in [1.807, 2.05) is 42.5 Å². The molecular weight excluding hydrogens is 322 g/mol. The summed E-state index contributed by atoms with van der Waals surface area (Å²) in [7, 11) is 0. The monoisotopic (exact) mass is 333 g/mol. The van der Waals surface area contributed by atoms with Gasteiger partial charge >= 0.3 is 5.97 Å². The molecule has 0 aliphatic carbocycles. The number of pyridine rings is 1. The summed E-state index contributed by atoms with van der Waals surface area (Å²) in [5.41, 5.74) is 1.09. The van der Waals surface area contributed by atoms with Crippen LogP contribution in [0.1, 0.15) is 15.9 Å². The third-order valence-corrected chi connectivity index (χ3v) is 2.91. The van der Waals surface area contributed by atoms with Crippen LogP contribution in [0.3, 0.4) is 0 Å². The fraction of sp³-hybridized carbons (Fsp3) is 0.0667. The first-order valence-electron chi connectivity index (χ1n) is 5.90. The molecule has 0 saturated carbocycles. The van der Waals surface area contributed by atoms with E-state index >= 15 is 0 Å². The Morgan fingerprint density at radius 1 is 1.35 bits per heavy atom. The Hall–Kier alpha value is -2.14. The minimum Gasteiger partial charge on any atom is -0.477 e. The van der Waals surface area contributed by atoms with Crippen molar-refractivity contribution in [1.29, 1.82) is 0 Å². The van der Waals surface area contributed by atoms with Gasteiger partial charge in [0.1, 0.15) is 12.2 Å². The van der Waals surface area contributed by atoms with Gasteiger partial charge in [0.2, 0.25) is 5.88 Å². The van der Waals surface area contributed by atoms with Gasteiger partial charge in [0.15, 0.2) is 0 Å². The number of halogens is 1. The molecule has 4 nitrogen and oxygen atoms in total. The highest BCUT2D eigenvalue weighted by molar-refractivity contribution is 9.10. The highest BCUT2D eigenvalue weighted by Gasteiger charge is 2.12. The number of nitrogens with zero attached hydrogens (tertiary/aromatic N) is 1. The first-order valence-corrected chi connectivity index (χ1v) is 6.69. The van der Waals surface area contributed by atoms with Gasteiger partial charge in [-0.1, -0.05) is 36.4 Å². The number of carboxylic acid groups (broad SMARTS) is 1. The Balaban J connectivity index is 2.01. The van der Waals surface area contributed by atoms with Gasteiger partial charge in [-0.15, -0.1) is 0 Å². The van der Waals surface area contributed by atoms with Gasteiger partial charge in [0, 0.05) is 10.7 Å². The maximum Gasteiger partial charge on any atom is 0.341 e. The molecular formula is C15H12BrNO3. The standard InChI is InChI=1S/C15H12BrNO3/c16-12-9-13(15(18)19)14(17-10-12)20-8-4-7-11-5-2-1-3-6-11/h1-7,9-10H,8H2,(H,18,19). The lowest BCUT2D eigenvalue weighted by molar-refractivity contribution is 0.0691. The largest absolute Gasteiger partial charge is 0.477 e. The van der Waals surface area contributed by atoms with Gasteiger partial charge in [0.05, 0.1) is 0 Å². The summed E-state index contributed by atoms with van der Waals surface area (Å²) in [6.07, 6.45) is 5.21. The van der Waals surface area contributed by atoms with Crippen molar-refractivity contribution in [2.45, 2.75) is 0 Å². The molecule has 0 spiro atoms. The number of aromatic carboxylic acids is 1. The van der Waals surface area contributed by atoms with Crippen molar-refractivity contribution >= 4 is 28.0 Å². The maximum absolute atomic E-state index is 11.1. The average Bonchev–Trinajstić information content (AvgIpc) is 2.45. The molecule has 2 aromatic rings. The zero-order valence-electron chi connectivity index (χ0n) is 10.5. The molecule has 1 N–H and O–H groups in total. The van der Waals surface area contributed by atoms with E-state index in [1.165, 1.54) is 12.3 Å². The van der Waals surface area contributed by atoms with Crippen molar-refractivity contribution in [3.63, 3.8) is 0 Å². The number of rotatable bonds is 5. The second-order valence-corrected chi connectivity index (χ2v) is 4.85. The Morgan fingerprint density at radius 2 is 2.10 bits per heavy atom. The SMILES string of the molecule is O=C(O)c1cc(Br)cnc1OCC=Cc1ccccc1. The highest BCUT2D eigenvalue weighted by atomic mass is 79.9. The van der Waals surface area contributed by atoms with E-state index in [0.29, 0.717) is 4.47 Å². The van der Waals surface area contributed by atoms with Crippen molar-refractivity contribution in [3.05, 3.63) is 64.3 Å². The number of carboxylic acids is 1. The van der Waals surface area contributed by atoms with Gasteiger partial charge in [0.25, 0.3) is 0 Å². The summed E-state index contributed by atoms with van der Waals surface area (Å²) in [4.78, 5) is 15.0. The van der Waals surface area contributed by atoms with Crippen LogP contribution in [0.5, 0.6) is 5.88 Å². The minimum absolute atomic E-state index is 0.0347. The van der Waals surface area contributed by atoms with Crippen LogP contribution >= 0.6 is 15.9 Å². The Morgan fingerprint density at radius 3 is 2.80 bits per heavy atom. The van der Waals surface area contributed by atoms with Crippen molar-refractivity contribution in [1.82, 2.24) is 4.98 Å². The van der Waals surface area contributed by atoms with Crippen molar-refractivity contribution in [2.24, 2.45) is 0 Å². The number of benzene rings is 1. The van der Waals surface area contributed by atoms with Crippen LogP contribution in [0.15, 0.2) is 53.1 Å². The molecule has 0 amide bonds. The maximum atomic E-state index is 11.1. The first-order chi connectivity index (χ1) is 9.66. The van der Waals surface area contributed by atoms with E-state index in [4.69, 9.17) is 9.84 Å². The predicted octanol–water partition coefficient (Wildman–Crippen LogP) is 3.63. The number of aromatic nitrogens is 1. The van der Waals surface area contributed by atoms with Crippen LogP contribution in [-0.2, 0) is 0 Å². The summed E-state index contributed by atoms with van der Waals surface area (Å²) in [6, 6.07) is 11.2. The summed E-state index contributed by atoms with van der Waals surface area (Å²) in [5, 5.41) is 9.07. The molecule has 5 heteroatoms. The molecule has 0 aliphatic heterocycles. The van der Waals surface area contributed by atoms with Crippen LogP contribution < -0.4 is 4.74 Å². The fourth-order valence-corrected chi connectivity index (χ4v) is 1.90. The molecule has 0 atom stereocenters. The van der Waals surface area contributed by atoms with E-state index in [9.17, 15) is 4.79 Å². The quantitative estimate of drug-likeness (QED) is 0.907. The molecule has 102 valence electrons. The molecule has 0 radical (unpaired) electrons. The van der Waals surface area contributed by atoms with Crippen molar-refractivity contribution < 1.29 is 14.6 Å². The fourth-order valence-electron chi connectivity index (χ4n) is 1.57. The summed E-state index contributed by atoms with van der Waals surface area (Å²) in [6.45, 7) is 0.254. The summed E-state index contributed by atoms with van der Waals surface area (Å²) < 4.78 is 5.97. The molecule has 2 rings (SSSR count). The molecule has 1 aromatic carbocycles. The average molecular weight is 334 g/mol. The van der Waals surface area contributed by atoms with Crippen LogP contribution in [-0.4, -0.2) is 22.7 Å². The summed E-state index contributed by atoms with van der Waals surface area (Å²) in [5.74, 6) is -0.959. The lowest BCUT2D eigenvalue weighted by Gasteiger charge is -2.05. The molecule has 20 heavy (non-hydrogen) atoms. The Bertz CT molecular complexity index is 626. The predicted molar refractivity (Wildman–Crippen MR) is 79.9 cm³/mol. The minimum atomic E-state index is -1.07. The van der Waals surface area contributed by atoms with E-state index < -0.39 is 5.97 Å². The van der Waals surface area contributed by atoms with Gasteiger partial charge < -0.3 is 9.84 Å². The Kier molecular flexibility index (Phi) is 4.90. The van der Waals surface area contributed by atoms with Crippen LogP contribution in [0.4, 0.5) is 0 Å². The number of carbonyl (C=O) groups is 1. The topological polar surface area (TPSA) is 59.4 Å². The second-order valence-electron chi connectivity index (χ2n) is 3.94. The molecule has 0 fully saturated rings. The molecule has 0 aliphatic rings. The van der Waals surface area contributed by atoms with E-state index in [2.05, 4.69) is 20.9 Å². The van der Waals surface area contributed by atoms with Gasteiger partial charge in [-0.25, -0.2) is 9.78 Å². The normalized spacial score (nSPS) is 10.7. The van der Waals surface area contributed by atoms with Crippen LogP contribution in [0, 0.1) is 0 Å².